The van der Waals surface area contributed by atoms with Gasteiger partial charge in [-0.1, -0.05) is 18.2 Å². The Balaban J connectivity index is 1.65. The predicted octanol–water partition coefficient (Wildman–Crippen LogP) is 3.35. The van der Waals surface area contributed by atoms with E-state index in [-0.39, 0.29) is 30.6 Å². The number of halogens is 3. The summed E-state index contributed by atoms with van der Waals surface area (Å²) in [6.45, 7) is -0.152. The van der Waals surface area contributed by atoms with Crippen molar-refractivity contribution in [2.45, 2.75) is 24.3 Å². The van der Waals surface area contributed by atoms with E-state index >= 15 is 0 Å². The summed E-state index contributed by atoms with van der Waals surface area (Å²) in [6.07, 6.45) is 0.444. The number of benzene rings is 2. The second kappa shape index (κ2) is 8.73. The van der Waals surface area contributed by atoms with Crippen molar-refractivity contribution in [2.24, 2.45) is 0 Å². The molecular weight excluding hydrogens is 413 g/mol. The third-order valence-corrected chi connectivity index (χ3v) is 6.26. The zero-order valence-corrected chi connectivity index (χ0v) is 16.4. The molecule has 2 atom stereocenters. The molecule has 0 unspecified atom stereocenters. The molecule has 1 aliphatic rings. The topological polar surface area (TPSA) is 58.6 Å². The van der Waals surface area contributed by atoms with E-state index in [9.17, 15) is 21.6 Å². The Bertz CT molecular complexity index is 929. The van der Waals surface area contributed by atoms with Gasteiger partial charge in [0.25, 0.3) is 0 Å². The van der Waals surface area contributed by atoms with Gasteiger partial charge >= 0.3 is 10.2 Å². The zero-order valence-electron chi connectivity index (χ0n) is 14.7. The molecule has 0 aromatic heterocycles. The van der Waals surface area contributed by atoms with Gasteiger partial charge in [-0.25, -0.2) is 13.2 Å². The molecule has 0 aliphatic carbocycles. The molecule has 10 heteroatoms. The number of nitrogens with zero attached hydrogens (tertiary/aromatic N) is 1. The molecule has 152 valence electrons. The minimum absolute atomic E-state index is 0.0365. The number of ether oxygens (including phenoxy) is 1. The minimum Gasteiger partial charge on any atom is -0.375 e. The highest BCUT2D eigenvalue weighted by atomic mass is 32.2. The summed E-state index contributed by atoms with van der Waals surface area (Å²) in [4.78, 5) is 0. The molecule has 1 N–H and O–H groups in total. The van der Waals surface area contributed by atoms with Crippen LogP contribution in [0.1, 0.15) is 12.0 Å². The lowest BCUT2D eigenvalue weighted by molar-refractivity contribution is 0.0854. The SMILES string of the molecule is O=S(=O)(Nc1ccccc1)N1C[C@H](S)C[C@H]1COCc1cc(F)c(F)cc1F. The van der Waals surface area contributed by atoms with E-state index in [1.165, 1.54) is 4.31 Å². The molecule has 5 nitrogen and oxygen atoms in total. The quantitative estimate of drug-likeness (QED) is 0.521. The highest BCUT2D eigenvalue weighted by molar-refractivity contribution is 7.90. The maximum atomic E-state index is 13.7. The molecule has 1 saturated heterocycles. The van der Waals surface area contributed by atoms with Crippen molar-refractivity contribution >= 4 is 28.5 Å². The third kappa shape index (κ3) is 4.99. The average molecular weight is 432 g/mol. The molecule has 1 aliphatic heterocycles. The summed E-state index contributed by atoms with van der Waals surface area (Å²) in [5.74, 6) is -3.38. The summed E-state index contributed by atoms with van der Waals surface area (Å²) in [6, 6.07) is 9.11. The van der Waals surface area contributed by atoms with Crippen LogP contribution in [-0.4, -0.2) is 37.2 Å². The first-order valence-corrected chi connectivity index (χ1v) is 10.5. The largest absolute Gasteiger partial charge is 0.375 e. The van der Waals surface area contributed by atoms with E-state index in [1.807, 2.05) is 0 Å². The van der Waals surface area contributed by atoms with Gasteiger partial charge in [0.2, 0.25) is 0 Å². The van der Waals surface area contributed by atoms with Gasteiger partial charge in [-0.3, -0.25) is 4.72 Å². The number of hydrogen-bond acceptors (Lipinski definition) is 4. The lowest BCUT2D eigenvalue weighted by Crippen LogP contribution is -2.41. The van der Waals surface area contributed by atoms with Crippen LogP contribution in [0.25, 0.3) is 0 Å². The number of rotatable bonds is 7. The molecule has 3 rings (SSSR count). The van der Waals surface area contributed by atoms with Crippen LogP contribution in [0.3, 0.4) is 0 Å². The lowest BCUT2D eigenvalue weighted by Gasteiger charge is -2.24. The van der Waals surface area contributed by atoms with E-state index in [0.717, 1.165) is 6.07 Å². The Labute approximate surface area is 167 Å². The van der Waals surface area contributed by atoms with Gasteiger partial charge in [-0.15, -0.1) is 0 Å². The fraction of sp³-hybridized carbons (Fsp3) is 0.333. The van der Waals surface area contributed by atoms with E-state index < -0.39 is 33.7 Å². The first-order chi connectivity index (χ1) is 13.3. The van der Waals surface area contributed by atoms with Gasteiger partial charge in [0.1, 0.15) is 5.82 Å². The van der Waals surface area contributed by atoms with Crippen LogP contribution in [0.5, 0.6) is 0 Å². The van der Waals surface area contributed by atoms with Crippen LogP contribution >= 0.6 is 12.6 Å². The van der Waals surface area contributed by atoms with Crippen LogP contribution in [0.2, 0.25) is 0 Å². The van der Waals surface area contributed by atoms with Crippen LogP contribution in [0, 0.1) is 17.5 Å². The van der Waals surface area contributed by atoms with Gasteiger partial charge in [0.15, 0.2) is 11.6 Å². The maximum absolute atomic E-state index is 13.7. The average Bonchev–Trinajstić information content (AvgIpc) is 3.01. The smallest absolute Gasteiger partial charge is 0.302 e. The fourth-order valence-corrected chi connectivity index (χ4v) is 5.00. The second-order valence-corrected chi connectivity index (χ2v) is 8.81. The molecule has 0 amide bonds. The Kier molecular flexibility index (Phi) is 6.54. The second-order valence-electron chi connectivity index (χ2n) is 6.46. The van der Waals surface area contributed by atoms with E-state index in [2.05, 4.69) is 17.4 Å². The molecule has 2 aromatic carbocycles. The summed E-state index contributed by atoms with van der Waals surface area (Å²) >= 11 is 4.36. The number of anilines is 1. The first-order valence-electron chi connectivity index (χ1n) is 8.50. The van der Waals surface area contributed by atoms with Crippen molar-refractivity contribution in [3.05, 3.63) is 65.5 Å². The normalized spacial score (nSPS) is 20.4. The van der Waals surface area contributed by atoms with E-state index in [4.69, 9.17) is 4.74 Å². The summed E-state index contributed by atoms with van der Waals surface area (Å²) < 4.78 is 74.5. The fourth-order valence-electron chi connectivity index (χ4n) is 3.00. The highest BCUT2D eigenvalue weighted by Crippen LogP contribution is 2.26. The van der Waals surface area contributed by atoms with Crippen molar-refractivity contribution in [2.75, 3.05) is 17.9 Å². The predicted molar refractivity (Wildman–Crippen MR) is 103 cm³/mol. The third-order valence-electron chi connectivity index (χ3n) is 4.33. The molecule has 0 saturated carbocycles. The van der Waals surface area contributed by atoms with Crippen molar-refractivity contribution in [1.29, 1.82) is 0 Å². The van der Waals surface area contributed by atoms with Crippen LogP contribution in [0.4, 0.5) is 18.9 Å². The Hall–Kier alpha value is -1.75. The molecule has 2 aromatic rings. The van der Waals surface area contributed by atoms with Gasteiger partial charge in [0, 0.05) is 29.1 Å². The van der Waals surface area contributed by atoms with Crippen molar-refractivity contribution in [1.82, 2.24) is 4.31 Å². The molecule has 28 heavy (non-hydrogen) atoms. The molecule has 1 heterocycles. The Morgan fingerprint density at radius 1 is 1.11 bits per heavy atom. The maximum Gasteiger partial charge on any atom is 0.302 e. The van der Waals surface area contributed by atoms with Crippen molar-refractivity contribution in [3.63, 3.8) is 0 Å². The first kappa shape index (κ1) is 21.0. The highest BCUT2D eigenvalue weighted by Gasteiger charge is 2.38. The molecule has 1 fully saturated rings. The standard InChI is InChI=1S/C18H19F3N2O3S2/c19-16-8-18(21)17(20)6-12(16)10-26-11-14-7-15(27)9-23(14)28(24,25)22-13-4-2-1-3-5-13/h1-6,8,14-15,22,27H,7,9-11H2/t14-,15+/m0/s1. The number of para-hydroxylation sites is 1. The van der Waals surface area contributed by atoms with Crippen LogP contribution in [-0.2, 0) is 21.6 Å². The Morgan fingerprint density at radius 2 is 1.79 bits per heavy atom. The van der Waals surface area contributed by atoms with Crippen LogP contribution in [0.15, 0.2) is 42.5 Å². The molecule has 0 radical (unpaired) electrons. The molecule has 0 bridgehead atoms. The molecule has 0 spiro atoms. The minimum atomic E-state index is -3.84. The van der Waals surface area contributed by atoms with Crippen molar-refractivity contribution < 1.29 is 26.3 Å². The van der Waals surface area contributed by atoms with E-state index in [1.54, 1.807) is 30.3 Å². The summed E-state index contributed by atoms with van der Waals surface area (Å²) in [5, 5.41) is -0.180. The monoisotopic (exact) mass is 432 g/mol. The van der Waals surface area contributed by atoms with Crippen LogP contribution < -0.4 is 4.72 Å². The van der Waals surface area contributed by atoms with Gasteiger partial charge in [-0.2, -0.15) is 25.4 Å². The summed E-state index contributed by atoms with van der Waals surface area (Å²) in [5.41, 5.74) is 0.282. The van der Waals surface area contributed by atoms with Crippen molar-refractivity contribution in [3.8, 4) is 0 Å². The number of hydrogen-bond donors (Lipinski definition) is 2. The van der Waals surface area contributed by atoms with Gasteiger partial charge in [0.05, 0.1) is 19.3 Å². The lowest BCUT2D eigenvalue weighted by atomic mass is 10.2. The van der Waals surface area contributed by atoms with Gasteiger partial charge < -0.3 is 4.74 Å². The summed E-state index contributed by atoms with van der Waals surface area (Å²) in [7, 11) is -3.84. The van der Waals surface area contributed by atoms with Gasteiger partial charge in [-0.05, 0) is 24.6 Å². The number of nitrogens with one attached hydrogen (secondary N) is 1. The zero-order chi connectivity index (χ0) is 20.3. The number of thiol groups is 1. The Morgan fingerprint density at radius 3 is 2.50 bits per heavy atom. The van der Waals surface area contributed by atoms with E-state index in [0.29, 0.717) is 18.2 Å². The molecular formula is C18H19F3N2O3S2.